The van der Waals surface area contributed by atoms with Crippen molar-refractivity contribution >= 4 is 34.6 Å². The van der Waals surface area contributed by atoms with Crippen LogP contribution in [0.5, 0.6) is 17.2 Å². The summed E-state index contributed by atoms with van der Waals surface area (Å²) in [5, 5.41) is 2.85. The number of rotatable bonds is 5. The van der Waals surface area contributed by atoms with Gasteiger partial charge in [0.15, 0.2) is 11.5 Å². The van der Waals surface area contributed by atoms with Gasteiger partial charge in [-0.05, 0) is 54.1 Å². The van der Waals surface area contributed by atoms with Crippen LogP contribution in [-0.2, 0) is 9.59 Å². The van der Waals surface area contributed by atoms with Gasteiger partial charge in [-0.1, -0.05) is 12.1 Å². The third-order valence-electron chi connectivity index (χ3n) is 5.60. The van der Waals surface area contributed by atoms with Crippen LogP contribution in [0, 0.1) is 0 Å². The fraction of sp³-hybridized carbons (Fsp3) is 0.192. The van der Waals surface area contributed by atoms with Crippen molar-refractivity contribution in [2.24, 2.45) is 4.99 Å². The molecule has 0 radical (unpaired) electrons. The highest BCUT2D eigenvalue weighted by atomic mass is 16.6. The van der Waals surface area contributed by atoms with Gasteiger partial charge in [0.05, 0.1) is 30.6 Å². The minimum Gasteiger partial charge on any atom is -0.497 e. The Labute approximate surface area is 196 Å². The molecule has 0 aliphatic carbocycles. The third-order valence-corrected chi connectivity index (χ3v) is 5.60. The molecule has 1 N–H and O–H groups in total. The fourth-order valence-corrected chi connectivity index (χ4v) is 3.93. The van der Waals surface area contributed by atoms with Crippen LogP contribution in [0.2, 0.25) is 0 Å². The standard InChI is InChI=1S/C26H23N3O5/c1-32-19-9-6-17(7-10-19)21-15-26(31)29(22-5-3-2-4-20(22)28-21)16-25(30)27-18-8-11-23-24(14-18)34-13-12-33-23/h2-11,14H,12-13,15-16H2,1H3,(H,27,30). The number of fused-ring (bicyclic) bond motifs is 2. The monoisotopic (exact) mass is 457 g/mol. The Hall–Kier alpha value is -4.33. The highest BCUT2D eigenvalue weighted by molar-refractivity contribution is 6.19. The lowest BCUT2D eigenvalue weighted by molar-refractivity contribution is -0.120. The molecule has 0 saturated heterocycles. The van der Waals surface area contributed by atoms with Gasteiger partial charge in [-0.25, -0.2) is 0 Å². The first kappa shape index (κ1) is 21.5. The molecular formula is C26H23N3O5. The van der Waals surface area contributed by atoms with E-state index in [1.807, 2.05) is 42.5 Å². The first-order chi connectivity index (χ1) is 16.6. The van der Waals surface area contributed by atoms with E-state index in [2.05, 4.69) is 5.32 Å². The molecule has 3 aromatic rings. The quantitative estimate of drug-likeness (QED) is 0.626. The van der Waals surface area contributed by atoms with Crippen molar-refractivity contribution < 1.29 is 23.8 Å². The first-order valence-electron chi connectivity index (χ1n) is 10.9. The van der Waals surface area contributed by atoms with E-state index in [9.17, 15) is 9.59 Å². The van der Waals surface area contributed by atoms with Gasteiger partial charge in [-0.15, -0.1) is 0 Å². The summed E-state index contributed by atoms with van der Waals surface area (Å²) in [6.45, 7) is 0.811. The molecular weight excluding hydrogens is 434 g/mol. The van der Waals surface area contributed by atoms with Crippen LogP contribution < -0.4 is 24.4 Å². The molecule has 2 aliphatic heterocycles. The zero-order chi connectivity index (χ0) is 23.5. The Morgan fingerprint density at radius 2 is 1.79 bits per heavy atom. The molecule has 0 saturated carbocycles. The van der Waals surface area contributed by atoms with Crippen LogP contribution in [0.3, 0.4) is 0 Å². The van der Waals surface area contributed by atoms with Crippen molar-refractivity contribution in [1.82, 2.24) is 0 Å². The van der Waals surface area contributed by atoms with E-state index in [-0.39, 0.29) is 24.8 Å². The second kappa shape index (κ2) is 9.27. The number of ether oxygens (including phenoxy) is 3. The van der Waals surface area contributed by atoms with Gasteiger partial charge in [0.25, 0.3) is 0 Å². The van der Waals surface area contributed by atoms with Crippen LogP contribution in [0.15, 0.2) is 71.7 Å². The number of carbonyl (C=O) groups excluding carboxylic acids is 2. The second-order valence-electron chi connectivity index (χ2n) is 7.84. The Kier molecular flexibility index (Phi) is 5.86. The molecule has 0 atom stereocenters. The number of nitrogens with zero attached hydrogens (tertiary/aromatic N) is 2. The van der Waals surface area contributed by atoms with Gasteiger partial charge < -0.3 is 24.4 Å². The Balaban J connectivity index is 1.37. The molecule has 2 aliphatic rings. The van der Waals surface area contributed by atoms with E-state index in [1.54, 1.807) is 31.4 Å². The number of methoxy groups -OCH3 is 1. The summed E-state index contributed by atoms with van der Waals surface area (Å²) in [4.78, 5) is 32.4. The summed E-state index contributed by atoms with van der Waals surface area (Å²) in [5.41, 5.74) is 3.25. The van der Waals surface area contributed by atoms with Gasteiger partial charge in [0.2, 0.25) is 11.8 Å². The van der Waals surface area contributed by atoms with E-state index in [0.717, 1.165) is 11.3 Å². The lowest BCUT2D eigenvalue weighted by Crippen LogP contribution is -2.38. The molecule has 5 rings (SSSR count). The average Bonchev–Trinajstić information content (AvgIpc) is 3.00. The van der Waals surface area contributed by atoms with Crippen molar-refractivity contribution in [2.45, 2.75) is 6.42 Å². The number of anilines is 2. The van der Waals surface area contributed by atoms with Crippen LogP contribution in [-0.4, -0.2) is 44.4 Å². The summed E-state index contributed by atoms with van der Waals surface area (Å²) in [5.74, 6) is 1.41. The van der Waals surface area contributed by atoms with Crippen LogP contribution >= 0.6 is 0 Å². The first-order valence-corrected chi connectivity index (χ1v) is 10.9. The highest BCUT2D eigenvalue weighted by Crippen LogP contribution is 2.34. The van der Waals surface area contributed by atoms with Gasteiger partial charge in [-0.3, -0.25) is 14.6 Å². The van der Waals surface area contributed by atoms with E-state index >= 15 is 0 Å². The lowest BCUT2D eigenvalue weighted by atomic mass is 10.1. The fourth-order valence-electron chi connectivity index (χ4n) is 3.93. The van der Waals surface area contributed by atoms with Gasteiger partial charge in [0, 0.05) is 11.8 Å². The molecule has 3 aromatic carbocycles. The summed E-state index contributed by atoms with van der Waals surface area (Å²) < 4.78 is 16.3. The van der Waals surface area contributed by atoms with Crippen molar-refractivity contribution in [3.8, 4) is 17.2 Å². The number of hydrogen-bond donors (Lipinski definition) is 1. The molecule has 8 nitrogen and oxygen atoms in total. The van der Waals surface area contributed by atoms with Crippen molar-refractivity contribution in [2.75, 3.05) is 37.1 Å². The van der Waals surface area contributed by atoms with E-state index in [4.69, 9.17) is 19.2 Å². The number of hydrogen-bond acceptors (Lipinski definition) is 6. The predicted molar refractivity (Wildman–Crippen MR) is 129 cm³/mol. The molecule has 8 heteroatoms. The van der Waals surface area contributed by atoms with E-state index in [1.165, 1.54) is 4.90 Å². The number of aliphatic imine (C=N–C) groups is 1. The number of nitrogens with one attached hydrogen (secondary N) is 1. The van der Waals surface area contributed by atoms with Crippen LogP contribution in [0.1, 0.15) is 12.0 Å². The molecule has 0 bridgehead atoms. The van der Waals surface area contributed by atoms with Crippen molar-refractivity contribution in [3.05, 3.63) is 72.3 Å². The molecule has 2 heterocycles. The Bertz CT molecular complexity index is 1270. The smallest absolute Gasteiger partial charge is 0.244 e. The second-order valence-corrected chi connectivity index (χ2v) is 7.84. The van der Waals surface area contributed by atoms with Crippen molar-refractivity contribution in [3.63, 3.8) is 0 Å². The highest BCUT2D eigenvalue weighted by Gasteiger charge is 2.27. The van der Waals surface area contributed by atoms with E-state index in [0.29, 0.717) is 47.5 Å². The van der Waals surface area contributed by atoms with Crippen LogP contribution in [0.25, 0.3) is 0 Å². The Morgan fingerprint density at radius 1 is 1.03 bits per heavy atom. The number of benzene rings is 3. The van der Waals surface area contributed by atoms with Gasteiger partial charge >= 0.3 is 0 Å². The maximum absolute atomic E-state index is 13.3. The number of amides is 2. The molecule has 0 spiro atoms. The van der Waals surface area contributed by atoms with Gasteiger partial charge in [0.1, 0.15) is 25.5 Å². The molecule has 2 amide bonds. The van der Waals surface area contributed by atoms with E-state index < -0.39 is 0 Å². The molecule has 172 valence electrons. The summed E-state index contributed by atoms with van der Waals surface area (Å²) in [7, 11) is 1.60. The van der Waals surface area contributed by atoms with Crippen LogP contribution in [0.4, 0.5) is 17.1 Å². The molecule has 0 unspecified atom stereocenters. The normalized spacial score (nSPS) is 14.6. The zero-order valence-corrected chi connectivity index (χ0v) is 18.6. The summed E-state index contributed by atoms with van der Waals surface area (Å²) in [6, 6.07) is 19.9. The molecule has 0 aromatic heterocycles. The SMILES string of the molecule is COc1ccc(C2=Nc3ccccc3N(CC(=O)Nc3ccc4c(c3)OCCO4)C(=O)C2)cc1. The van der Waals surface area contributed by atoms with Gasteiger partial charge in [-0.2, -0.15) is 0 Å². The third kappa shape index (κ3) is 4.43. The summed E-state index contributed by atoms with van der Waals surface area (Å²) >= 11 is 0. The zero-order valence-electron chi connectivity index (χ0n) is 18.6. The minimum absolute atomic E-state index is 0.0678. The molecule has 34 heavy (non-hydrogen) atoms. The van der Waals surface area contributed by atoms with Crippen molar-refractivity contribution in [1.29, 1.82) is 0 Å². The maximum atomic E-state index is 13.3. The number of para-hydroxylation sites is 2. The maximum Gasteiger partial charge on any atom is 0.244 e. The lowest BCUT2D eigenvalue weighted by Gasteiger charge is -2.22. The average molecular weight is 457 g/mol. The Morgan fingerprint density at radius 3 is 2.59 bits per heavy atom. The number of carbonyl (C=O) groups is 2. The topological polar surface area (TPSA) is 89.5 Å². The largest absolute Gasteiger partial charge is 0.497 e. The summed E-state index contributed by atoms with van der Waals surface area (Å²) in [6.07, 6.45) is 0.0678. The minimum atomic E-state index is -0.326. The predicted octanol–water partition coefficient (Wildman–Crippen LogP) is 3.96. The molecule has 0 fully saturated rings.